The van der Waals surface area contributed by atoms with Crippen molar-refractivity contribution in [2.75, 3.05) is 83.7 Å². The number of para-hydroxylation sites is 2. The Morgan fingerprint density at radius 1 is 0.393 bits per heavy atom. The van der Waals surface area contributed by atoms with E-state index in [-0.39, 0.29) is 59.1 Å². The van der Waals surface area contributed by atoms with Crippen LogP contribution >= 0.6 is 0 Å². The van der Waals surface area contributed by atoms with Crippen molar-refractivity contribution in [2.45, 2.75) is 0 Å². The van der Waals surface area contributed by atoms with Crippen molar-refractivity contribution in [3.63, 3.8) is 0 Å². The standard InChI is InChI=1S/C40H40N12O2.2Na.2H/c1-3-7-31(8-4-1)41-35-45-37(49-39(47-35)51-21-25-53-26-22-51)43-33-17-13-29(14-18-33)11-12-30-15-19-34(20-16-30)44-38-46-36(42-32-9-5-2-6-10-32)48-40(50-38)52-23-27-54-28-24-52;;;;/h1-20H,21-28H2,(H2,41,43,45,47,49)(H2,42,44,46,48,50);;;;/b12-11+;;;;. The molecule has 2 aromatic heterocycles. The minimum atomic E-state index is 0. The number of hydrogen-bond acceptors (Lipinski definition) is 14. The first-order chi connectivity index (χ1) is 26.7. The molecule has 2 aliphatic heterocycles. The van der Waals surface area contributed by atoms with Crippen LogP contribution in [0.5, 0.6) is 0 Å². The average molecular weight is 769 g/mol. The van der Waals surface area contributed by atoms with E-state index in [1.807, 2.05) is 84.9 Å². The van der Waals surface area contributed by atoms with Gasteiger partial charge in [0.15, 0.2) is 0 Å². The minimum absolute atomic E-state index is 0. The summed E-state index contributed by atoms with van der Waals surface area (Å²) in [5.41, 5.74) is 5.64. The Balaban J connectivity index is 0.00000266. The number of morpholine rings is 2. The monoisotopic (exact) mass is 768 g/mol. The van der Waals surface area contributed by atoms with Gasteiger partial charge in [-0.3, -0.25) is 0 Å². The Morgan fingerprint density at radius 3 is 1.02 bits per heavy atom. The van der Waals surface area contributed by atoms with Gasteiger partial charge in [0.05, 0.1) is 26.4 Å². The van der Waals surface area contributed by atoms with E-state index in [0.29, 0.717) is 62.1 Å². The van der Waals surface area contributed by atoms with E-state index in [4.69, 9.17) is 29.4 Å². The molecule has 0 atom stereocenters. The first kappa shape index (κ1) is 41.0. The second-order valence-corrected chi connectivity index (χ2v) is 12.6. The van der Waals surface area contributed by atoms with E-state index >= 15 is 0 Å². The zero-order valence-electron chi connectivity index (χ0n) is 29.6. The first-order valence-electron chi connectivity index (χ1n) is 17.9. The summed E-state index contributed by atoms with van der Waals surface area (Å²) in [5.74, 6) is 3.06. The number of nitrogens with one attached hydrogen (secondary N) is 4. The van der Waals surface area contributed by atoms with Crippen LogP contribution in [0.3, 0.4) is 0 Å². The Bertz CT molecular complexity index is 2000. The van der Waals surface area contributed by atoms with Crippen molar-refractivity contribution < 1.29 is 9.47 Å². The van der Waals surface area contributed by atoms with Crippen molar-refractivity contribution in [3.05, 3.63) is 120 Å². The van der Waals surface area contributed by atoms with Crippen molar-refractivity contribution in [2.24, 2.45) is 0 Å². The van der Waals surface area contributed by atoms with E-state index in [1.54, 1.807) is 0 Å². The van der Waals surface area contributed by atoms with E-state index in [2.05, 4.69) is 77.5 Å². The molecule has 4 aromatic carbocycles. The van der Waals surface area contributed by atoms with Crippen molar-refractivity contribution in [1.29, 1.82) is 0 Å². The number of rotatable bonds is 12. The van der Waals surface area contributed by atoms with E-state index < -0.39 is 0 Å². The molecular formula is C40H42N12Na2O2. The summed E-state index contributed by atoms with van der Waals surface area (Å²) in [6, 6.07) is 36.0. The quantitative estimate of drug-likeness (QED) is 0.0907. The molecule has 2 fully saturated rings. The average Bonchev–Trinajstić information content (AvgIpc) is 3.22. The molecule has 8 rings (SSSR count). The summed E-state index contributed by atoms with van der Waals surface area (Å²) in [6.45, 7) is 5.42. The second kappa shape index (κ2) is 20.5. The van der Waals surface area contributed by atoms with Crippen LogP contribution < -0.4 is 31.1 Å². The summed E-state index contributed by atoms with van der Waals surface area (Å²) < 4.78 is 11.1. The van der Waals surface area contributed by atoms with Crippen LogP contribution in [0, 0.1) is 0 Å². The van der Waals surface area contributed by atoms with Crippen LogP contribution in [0.2, 0.25) is 0 Å². The fourth-order valence-electron chi connectivity index (χ4n) is 5.87. The molecule has 0 aliphatic carbocycles. The Labute approximate surface area is 370 Å². The number of anilines is 10. The number of hydrogen-bond donors (Lipinski definition) is 4. The molecular weight excluding hydrogens is 727 g/mol. The number of benzene rings is 4. The van der Waals surface area contributed by atoms with Gasteiger partial charge in [-0.15, -0.1) is 0 Å². The van der Waals surface area contributed by atoms with Crippen LogP contribution in [0.15, 0.2) is 109 Å². The normalized spacial score (nSPS) is 14.0. The van der Waals surface area contributed by atoms with Gasteiger partial charge in [-0.05, 0) is 59.7 Å². The summed E-state index contributed by atoms with van der Waals surface area (Å²) >= 11 is 0. The number of ether oxygens (including phenoxy) is 2. The molecule has 56 heavy (non-hydrogen) atoms. The zero-order chi connectivity index (χ0) is 36.4. The second-order valence-electron chi connectivity index (χ2n) is 12.6. The predicted molar refractivity (Wildman–Crippen MR) is 228 cm³/mol. The molecule has 4 heterocycles. The molecule has 2 saturated heterocycles. The Kier molecular flexibility index (Phi) is 15.0. The van der Waals surface area contributed by atoms with Gasteiger partial charge in [0.2, 0.25) is 35.7 Å². The van der Waals surface area contributed by atoms with E-state index in [1.165, 1.54) is 0 Å². The molecule has 16 heteroatoms. The zero-order valence-corrected chi connectivity index (χ0v) is 29.6. The fraction of sp³-hybridized carbons (Fsp3) is 0.200. The first-order valence-corrected chi connectivity index (χ1v) is 17.9. The molecule has 0 saturated carbocycles. The summed E-state index contributed by atoms with van der Waals surface area (Å²) in [6.07, 6.45) is 4.16. The van der Waals surface area contributed by atoms with Gasteiger partial charge in [0.25, 0.3) is 0 Å². The predicted octanol–water partition coefficient (Wildman–Crippen LogP) is 5.58. The molecule has 0 spiro atoms. The summed E-state index contributed by atoms with van der Waals surface area (Å²) in [5, 5.41) is 13.3. The Hall–Kier alpha value is -4.64. The third-order valence-corrected chi connectivity index (χ3v) is 8.70. The van der Waals surface area contributed by atoms with Gasteiger partial charge in [-0.25, -0.2) is 0 Å². The van der Waals surface area contributed by atoms with Crippen LogP contribution in [0.1, 0.15) is 11.1 Å². The maximum absolute atomic E-state index is 5.53. The summed E-state index contributed by atoms with van der Waals surface area (Å²) in [7, 11) is 0. The molecule has 0 bridgehead atoms. The van der Waals surface area contributed by atoms with Gasteiger partial charge >= 0.3 is 59.1 Å². The third kappa shape index (κ3) is 11.5. The molecule has 0 amide bonds. The van der Waals surface area contributed by atoms with Crippen LogP contribution in [-0.4, -0.2) is 142 Å². The SMILES string of the molecule is C(=C\c1ccc(Nc2nc(Nc3ccccc3)nc(N3CCOCC3)n2)cc1)/c1ccc(Nc2nc(Nc3ccccc3)nc(N3CCOCC3)n2)cc1.[NaH].[NaH]. The Morgan fingerprint density at radius 2 is 0.696 bits per heavy atom. The van der Waals surface area contributed by atoms with E-state index in [9.17, 15) is 0 Å². The number of nitrogens with zero attached hydrogens (tertiary/aromatic N) is 8. The molecule has 6 aromatic rings. The van der Waals surface area contributed by atoms with Gasteiger partial charge in [0.1, 0.15) is 0 Å². The van der Waals surface area contributed by atoms with E-state index in [0.717, 1.165) is 60.1 Å². The molecule has 14 nitrogen and oxygen atoms in total. The van der Waals surface area contributed by atoms with Crippen LogP contribution in [0.4, 0.5) is 58.4 Å². The van der Waals surface area contributed by atoms with Gasteiger partial charge < -0.3 is 40.5 Å². The molecule has 0 radical (unpaired) electrons. The van der Waals surface area contributed by atoms with Gasteiger partial charge in [-0.1, -0.05) is 72.8 Å². The third-order valence-electron chi connectivity index (χ3n) is 8.70. The summed E-state index contributed by atoms with van der Waals surface area (Å²) in [4.78, 5) is 32.4. The van der Waals surface area contributed by atoms with Crippen LogP contribution in [0.25, 0.3) is 12.2 Å². The van der Waals surface area contributed by atoms with Gasteiger partial charge in [-0.2, -0.15) is 29.9 Å². The van der Waals surface area contributed by atoms with Crippen molar-refractivity contribution in [1.82, 2.24) is 29.9 Å². The van der Waals surface area contributed by atoms with Crippen molar-refractivity contribution in [3.8, 4) is 0 Å². The molecule has 2 aliphatic rings. The number of aromatic nitrogens is 6. The fourth-order valence-corrected chi connectivity index (χ4v) is 5.87. The van der Waals surface area contributed by atoms with Crippen LogP contribution in [-0.2, 0) is 9.47 Å². The molecule has 276 valence electrons. The van der Waals surface area contributed by atoms with Gasteiger partial charge in [0, 0.05) is 48.9 Å². The van der Waals surface area contributed by atoms with Crippen molar-refractivity contribution >= 4 is 130 Å². The molecule has 4 N–H and O–H groups in total. The topological polar surface area (TPSA) is 150 Å². The maximum atomic E-state index is 5.53. The molecule has 0 unspecified atom stereocenters.